The highest BCUT2D eigenvalue weighted by Gasteiger charge is 2.21. The summed E-state index contributed by atoms with van der Waals surface area (Å²) in [4.78, 5) is 30.3. The third-order valence-corrected chi connectivity index (χ3v) is 5.87. The first kappa shape index (κ1) is 22.0. The lowest BCUT2D eigenvalue weighted by Gasteiger charge is -2.17. The van der Waals surface area contributed by atoms with E-state index in [-0.39, 0.29) is 22.3 Å². The van der Waals surface area contributed by atoms with E-state index in [1.807, 2.05) is 0 Å². The van der Waals surface area contributed by atoms with Gasteiger partial charge in [-0.15, -0.1) is 0 Å². The van der Waals surface area contributed by atoms with Gasteiger partial charge in [0.25, 0.3) is 5.56 Å². The van der Waals surface area contributed by atoms with E-state index >= 15 is 0 Å². The summed E-state index contributed by atoms with van der Waals surface area (Å²) < 4.78 is 15.8. The number of unbranched alkanes of at least 4 members (excludes halogenated alkanes) is 3. The summed E-state index contributed by atoms with van der Waals surface area (Å²) in [7, 11) is 0. The van der Waals surface area contributed by atoms with Crippen molar-refractivity contribution >= 4 is 28.6 Å². The molecular weight excluding hydrogens is 401 g/mol. The van der Waals surface area contributed by atoms with Gasteiger partial charge in [0.1, 0.15) is 5.82 Å². The molecule has 0 aliphatic rings. The number of carbonyl (C=O) groups excluding carboxylic acids is 1. The SMILES string of the molecule is CCCCCCNC(=O)C(C)Sc1nc2ccccc2c(=O)n1-c1ccccc1F. The summed E-state index contributed by atoms with van der Waals surface area (Å²) >= 11 is 1.15. The second kappa shape index (κ2) is 10.4. The zero-order valence-corrected chi connectivity index (χ0v) is 18.0. The van der Waals surface area contributed by atoms with Crippen LogP contribution in [0.5, 0.6) is 0 Å². The molecule has 3 aromatic rings. The molecule has 1 unspecified atom stereocenters. The molecule has 0 aliphatic heterocycles. The molecule has 7 heteroatoms. The van der Waals surface area contributed by atoms with Crippen molar-refractivity contribution in [1.82, 2.24) is 14.9 Å². The van der Waals surface area contributed by atoms with Crippen LogP contribution in [0.3, 0.4) is 0 Å². The van der Waals surface area contributed by atoms with Gasteiger partial charge >= 0.3 is 0 Å². The van der Waals surface area contributed by atoms with E-state index in [4.69, 9.17) is 0 Å². The van der Waals surface area contributed by atoms with E-state index in [1.165, 1.54) is 16.7 Å². The number of amides is 1. The lowest BCUT2D eigenvalue weighted by atomic mass is 10.2. The van der Waals surface area contributed by atoms with Gasteiger partial charge in [-0.1, -0.05) is 62.2 Å². The number of fused-ring (bicyclic) bond motifs is 1. The van der Waals surface area contributed by atoms with Crippen molar-refractivity contribution in [3.05, 3.63) is 64.7 Å². The largest absolute Gasteiger partial charge is 0.355 e. The predicted molar refractivity (Wildman–Crippen MR) is 120 cm³/mol. The number of aromatic nitrogens is 2. The van der Waals surface area contributed by atoms with Crippen LogP contribution in [0, 0.1) is 5.82 Å². The van der Waals surface area contributed by atoms with Crippen molar-refractivity contribution in [1.29, 1.82) is 0 Å². The Morgan fingerprint density at radius 2 is 1.87 bits per heavy atom. The van der Waals surface area contributed by atoms with Crippen LogP contribution in [-0.4, -0.2) is 27.3 Å². The second-order valence-corrected chi connectivity index (χ2v) is 8.42. The summed E-state index contributed by atoms with van der Waals surface area (Å²) in [5, 5.41) is 3.14. The highest BCUT2D eigenvalue weighted by atomic mass is 32.2. The van der Waals surface area contributed by atoms with Crippen LogP contribution < -0.4 is 10.9 Å². The van der Waals surface area contributed by atoms with Crippen molar-refractivity contribution in [2.24, 2.45) is 0 Å². The average molecular weight is 428 g/mol. The highest BCUT2D eigenvalue weighted by molar-refractivity contribution is 8.00. The molecule has 1 aromatic heterocycles. The van der Waals surface area contributed by atoms with E-state index < -0.39 is 11.1 Å². The lowest BCUT2D eigenvalue weighted by molar-refractivity contribution is -0.120. The van der Waals surface area contributed by atoms with Gasteiger partial charge in [-0.05, 0) is 37.6 Å². The van der Waals surface area contributed by atoms with Crippen LogP contribution in [0.1, 0.15) is 39.5 Å². The molecule has 0 fully saturated rings. The number of hydrogen-bond acceptors (Lipinski definition) is 4. The van der Waals surface area contributed by atoms with E-state index in [2.05, 4.69) is 17.2 Å². The number of thioether (sulfide) groups is 1. The maximum atomic E-state index is 14.5. The summed E-state index contributed by atoms with van der Waals surface area (Å²) in [6.45, 7) is 4.52. The molecule has 1 amide bonds. The van der Waals surface area contributed by atoms with Crippen LogP contribution in [0.15, 0.2) is 58.5 Å². The molecule has 158 valence electrons. The molecule has 0 saturated heterocycles. The molecule has 1 heterocycles. The van der Waals surface area contributed by atoms with Gasteiger partial charge in [0.05, 0.1) is 21.8 Å². The minimum absolute atomic E-state index is 0.121. The van der Waals surface area contributed by atoms with Gasteiger partial charge in [0, 0.05) is 6.54 Å². The summed E-state index contributed by atoms with van der Waals surface area (Å²) in [6.07, 6.45) is 4.31. The molecule has 0 radical (unpaired) electrons. The molecule has 2 aromatic carbocycles. The molecule has 5 nitrogen and oxygen atoms in total. The molecule has 3 rings (SSSR count). The van der Waals surface area contributed by atoms with Crippen LogP contribution in [0.4, 0.5) is 4.39 Å². The normalized spacial score (nSPS) is 12.1. The van der Waals surface area contributed by atoms with Gasteiger partial charge in [-0.3, -0.25) is 14.2 Å². The van der Waals surface area contributed by atoms with Crippen molar-refractivity contribution in [3.8, 4) is 5.69 Å². The topological polar surface area (TPSA) is 64.0 Å². The van der Waals surface area contributed by atoms with Gasteiger partial charge in [0.2, 0.25) is 5.91 Å². The molecule has 30 heavy (non-hydrogen) atoms. The van der Waals surface area contributed by atoms with E-state index in [0.717, 1.165) is 37.4 Å². The zero-order chi connectivity index (χ0) is 21.5. The molecule has 0 spiro atoms. The minimum Gasteiger partial charge on any atom is -0.355 e. The number of carbonyl (C=O) groups is 1. The molecule has 0 aliphatic carbocycles. The quantitative estimate of drug-likeness (QED) is 0.305. The van der Waals surface area contributed by atoms with Crippen molar-refractivity contribution in [2.45, 2.75) is 49.9 Å². The number of benzene rings is 2. The first-order chi connectivity index (χ1) is 14.5. The predicted octanol–water partition coefficient (Wildman–Crippen LogP) is 4.70. The molecule has 0 saturated carbocycles. The Morgan fingerprint density at radius 3 is 2.63 bits per heavy atom. The monoisotopic (exact) mass is 427 g/mol. The Morgan fingerprint density at radius 1 is 1.13 bits per heavy atom. The number of rotatable bonds is 9. The van der Waals surface area contributed by atoms with E-state index in [0.29, 0.717) is 17.4 Å². The van der Waals surface area contributed by atoms with Crippen LogP contribution in [-0.2, 0) is 4.79 Å². The lowest BCUT2D eigenvalue weighted by Crippen LogP contribution is -2.32. The highest BCUT2D eigenvalue weighted by Crippen LogP contribution is 2.26. The fourth-order valence-corrected chi connectivity index (χ4v) is 4.10. The van der Waals surface area contributed by atoms with Gasteiger partial charge < -0.3 is 5.32 Å². The van der Waals surface area contributed by atoms with Crippen molar-refractivity contribution < 1.29 is 9.18 Å². The maximum Gasteiger partial charge on any atom is 0.266 e. The average Bonchev–Trinajstić information content (AvgIpc) is 2.74. The van der Waals surface area contributed by atoms with E-state index in [9.17, 15) is 14.0 Å². The van der Waals surface area contributed by atoms with Crippen LogP contribution in [0.2, 0.25) is 0 Å². The summed E-state index contributed by atoms with van der Waals surface area (Å²) in [5.74, 6) is -0.648. The second-order valence-electron chi connectivity index (χ2n) is 7.12. The third kappa shape index (κ3) is 5.08. The standard InChI is InChI=1S/C23H26FN3O2S/c1-3-4-5-10-15-25-21(28)16(2)30-23-26-19-13-8-6-11-17(19)22(29)27(23)20-14-9-7-12-18(20)24/h6-9,11-14,16H,3-5,10,15H2,1-2H3,(H,25,28). The fourth-order valence-electron chi connectivity index (χ4n) is 3.16. The summed E-state index contributed by atoms with van der Waals surface area (Å²) in [6, 6.07) is 13.0. The summed E-state index contributed by atoms with van der Waals surface area (Å²) in [5.41, 5.74) is 0.278. The Bertz CT molecular complexity index is 1080. The fraction of sp³-hybridized carbons (Fsp3) is 0.348. The zero-order valence-electron chi connectivity index (χ0n) is 17.2. The van der Waals surface area contributed by atoms with Crippen molar-refractivity contribution in [2.75, 3.05) is 6.54 Å². The van der Waals surface area contributed by atoms with Gasteiger partial charge in [0.15, 0.2) is 5.16 Å². The van der Waals surface area contributed by atoms with Crippen LogP contribution >= 0.6 is 11.8 Å². The Balaban J connectivity index is 1.91. The first-order valence-corrected chi connectivity index (χ1v) is 11.1. The number of nitrogens with zero attached hydrogens (tertiary/aromatic N) is 2. The molecule has 1 N–H and O–H groups in total. The first-order valence-electron chi connectivity index (χ1n) is 10.2. The number of hydrogen-bond donors (Lipinski definition) is 1. The van der Waals surface area contributed by atoms with Gasteiger partial charge in [-0.2, -0.15) is 0 Å². The van der Waals surface area contributed by atoms with Gasteiger partial charge in [-0.25, -0.2) is 9.37 Å². The Kier molecular flexibility index (Phi) is 7.63. The minimum atomic E-state index is -0.522. The molecular formula is C23H26FN3O2S. The molecule has 0 bridgehead atoms. The molecule has 1 atom stereocenters. The Labute approximate surface area is 179 Å². The van der Waals surface area contributed by atoms with Crippen LogP contribution in [0.25, 0.3) is 16.6 Å². The van der Waals surface area contributed by atoms with Crippen molar-refractivity contribution in [3.63, 3.8) is 0 Å². The number of para-hydroxylation sites is 2. The number of nitrogens with one attached hydrogen (secondary N) is 1. The van der Waals surface area contributed by atoms with E-state index in [1.54, 1.807) is 43.3 Å². The number of halogens is 1. The maximum absolute atomic E-state index is 14.5. The Hall–Kier alpha value is -2.67. The third-order valence-electron chi connectivity index (χ3n) is 4.82. The smallest absolute Gasteiger partial charge is 0.266 e.